The number of nitrogens with one attached hydrogen (secondary N) is 1. The van der Waals surface area contributed by atoms with E-state index in [0.717, 1.165) is 0 Å². The van der Waals surface area contributed by atoms with Crippen LogP contribution < -0.4 is 9.46 Å². The predicted octanol–water partition coefficient (Wildman–Crippen LogP) is 2.51. The number of hydrogen-bond donors (Lipinski definition) is 1. The average Bonchev–Trinajstić information content (AvgIpc) is 3.07. The van der Waals surface area contributed by atoms with Crippen molar-refractivity contribution in [1.29, 1.82) is 0 Å². The minimum atomic E-state index is -3.31. The van der Waals surface area contributed by atoms with Crippen LogP contribution >= 0.6 is 0 Å². The van der Waals surface area contributed by atoms with E-state index in [1.54, 1.807) is 32.0 Å². The van der Waals surface area contributed by atoms with Gasteiger partial charge in [0.25, 0.3) is 0 Å². The first-order valence-corrected chi connectivity index (χ1v) is 10.5. The van der Waals surface area contributed by atoms with Crippen LogP contribution in [0.5, 0.6) is 5.75 Å². The summed E-state index contributed by atoms with van der Waals surface area (Å²) >= 11 is 0. The van der Waals surface area contributed by atoms with E-state index in [9.17, 15) is 12.8 Å². The van der Waals surface area contributed by atoms with Crippen molar-refractivity contribution >= 4 is 10.0 Å². The highest BCUT2D eigenvalue weighted by atomic mass is 32.2. The molecule has 1 aliphatic heterocycles. The number of aromatic nitrogens is 1. The van der Waals surface area contributed by atoms with E-state index in [2.05, 4.69) is 9.88 Å². The van der Waals surface area contributed by atoms with Gasteiger partial charge in [0.15, 0.2) is 0 Å². The summed E-state index contributed by atoms with van der Waals surface area (Å²) < 4.78 is 56.9. The molecule has 2 aromatic rings. The zero-order valence-electron chi connectivity index (χ0n) is 15.3. The molecule has 7 nitrogen and oxygen atoms in total. The highest BCUT2D eigenvalue weighted by Gasteiger charge is 2.29. The topological polar surface area (TPSA) is 90.7 Å². The van der Waals surface area contributed by atoms with Crippen LogP contribution in [0.2, 0.25) is 0 Å². The number of aryl methyl sites for hydroxylation is 1. The van der Waals surface area contributed by atoms with Crippen molar-refractivity contribution < 1.29 is 26.8 Å². The highest BCUT2D eigenvalue weighted by Crippen LogP contribution is 2.26. The summed E-state index contributed by atoms with van der Waals surface area (Å²) in [5.41, 5.74) is 0.750. The largest absolute Gasteiger partial charge is 0.493 e. The maximum Gasteiger partial charge on any atom is 0.211 e. The zero-order chi connectivity index (χ0) is 19.4. The molecule has 1 aliphatic rings. The fourth-order valence-corrected chi connectivity index (χ4v) is 3.86. The average molecular weight is 398 g/mol. The Morgan fingerprint density at radius 3 is 2.85 bits per heavy atom. The summed E-state index contributed by atoms with van der Waals surface area (Å²) in [5, 5.41) is 3.81. The van der Waals surface area contributed by atoms with Gasteiger partial charge in [0.05, 0.1) is 19.0 Å². The molecule has 27 heavy (non-hydrogen) atoms. The van der Waals surface area contributed by atoms with Crippen LogP contribution in [-0.4, -0.2) is 45.2 Å². The van der Waals surface area contributed by atoms with Crippen molar-refractivity contribution in [1.82, 2.24) is 9.88 Å². The molecule has 1 aromatic heterocycles. The molecule has 1 N–H and O–H groups in total. The molecule has 1 fully saturated rings. The van der Waals surface area contributed by atoms with Crippen molar-refractivity contribution in [3.63, 3.8) is 0 Å². The summed E-state index contributed by atoms with van der Waals surface area (Å²) in [6, 6.07) is 5.91. The Bertz CT molecular complexity index is 884. The molecule has 1 aromatic carbocycles. The van der Waals surface area contributed by atoms with E-state index in [4.69, 9.17) is 14.0 Å². The van der Waals surface area contributed by atoms with Gasteiger partial charge in [-0.3, -0.25) is 0 Å². The third-order valence-corrected chi connectivity index (χ3v) is 5.92. The Morgan fingerprint density at radius 2 is 2.19 bits per heavy atom. The van der Waals surface area contributed by atoms with Crippen LogP contribution in [0.1, 0.15) is 19.1 Å². The van der Waals surface area contributed by atoms with E-state index in [1.165, 1.54) is 6.07 Å². The molecule has 1 saturated heterocycles. The van der Waals surface area contributed by atoms with E-state index < -0.39 is 15.8 Å². The Labute approximate surface area is 157 Å². The van der Waals surface area contributed by atoms with E-state index in [-0.39, 0.29) is 24.3 Å². The summed E-state index contributed by atoms with van der Waals surface area (Å²) in [6.07, 6.45) is 0.575. The number of nitrogens with zero attached hydrogens (tertiary/aromatic N) is 1. The molecule has 148 valence electrons. The molecule has 0 amide bonds. The highest BCUT2D eigenvalue weighted by molar-refractivity contribution is 7.89. The lowest BCUT2D eigenvalue weighted by atomic mass is 9.98. The predicted molar refractivity (Wildman–Crippen MR) is 97.4 cm³/mol. The molecule has 0 spiro atoms. The smallest absolute Gasteiger partial charge is 0.211 e. The lowest BCUT2D eigenvalue weighted by Crippen LogP contribution is -2.47. The Hall–Kier alpha value is -1.97. The molecular weight excluding hydrogens is 375 g/mol. The quantitative estimate of drug-likeness (QED) is 0.771. The molecule has 2 heterocycles. The lowest BCUT2D eigenvalue weighted by molar-refractivity contribution is 0.0186. The van der Waals surface area contributed by atoms with Crippen LogP contribution in [0.4, 0.5) is 4.39 Å². The SMILES string of the molecule is CCS(=O)(=O)N[C@H]1CCOC[C@@H]1COc1ccc(-c2cc(C)on2)c(F)c1. The van der Waals surface area contributed by atoms with Gasteiger partial charge >= 0.3 is 0 Å². The van der Waals surface area contributed by atoms with Crippen molar-refractivity contribution in [2.75, 3.05) is 25.6 Å². The monoisotopic (exact) mass is 398 g/mol. The number of sulfonamides is 1. The molecule has 2 atom stereocenters. The van der Waals surface area contributed by atoms with Crippen molar-refractivity contribution in [3.8, 4) is 17.0 Å². The van der Waals surface area contributed by atoms with Crippen molar-refractivity contribution in [3.05, 3.63) is 35.8 Å². The molecular formula is C18H23FN2O5S. The van der Waals surface area contributed by atoms with Gasteiger partial charge in [-0.2, -0.15) is 0 Å². The van der Waals surface area contributed by atoms with Gasteiger partial charge in [-0.1, -0.05) is 5.16 Å². The third kappa shape index (κ3) is 5.06. The molecule has 0 saturated carbocycles. The van der Waals surface area contributed by atoms with Crippen LogP contribution in [0.25, 0.3) is 11.3 Å². The second-order valence-corrected chi connectivity index (χ2v) is 8.57. The first kappa shape index (κ1) is 19.8. The summed E-state index contributed by atoms with van der Waals surface area (Å²) in [4.78, 5) is 0. The second-order valence-electron chi connectivity index (χ2n) is 6.53. The molecule has 0 bridgehead atoms. The standard InChI is InChI=1S/C18H23FN2O5S/c1-3-27(22,23)21-17-6-7-24-10-13(17)11-25-14-4-5-15(16(19)9-14)18-8-12(2)26-20-18/h4-5,8-9,13,17,21H,3,6-7,10-11H2,1-2H3/t13-,17+/m1/s1. The number of rotatable bonds is 7. The van der Waals surface area contributed by atoms with E-state index >= 15 is 0 Å². The number of benzene rings is 1. The Morgan fingerprint density at radius 1 is 1.37 bits per heavy atom. The fraction of sp³-hybridized carbons (Fsp3) is 0.500. The second kappa shape index (κ2) is 8.37. The van der Waals surface area contributed by atoms with Gasteiger partial charge in [0.1, 0.15) is 23.0 Å². The summed E-state index contributed by atoms with van der Waals surface area (Å²) in [6.45, 7) is 4.43. The number of ether oxygens (including phenoxy) is 2. The summed E-state index contributed by atoms with van der Waals surface area (Å²) in [7, 11) is -3.31. The van der Waals surface area contributed by atoms with Gasteiger partial charge in [-0.05, 0) is 32.4 Å². The summed E-state index contributed by atoms with van der Waals surface area (Å²) in [5.74, 6) is 0.359. The first-order valence-electron chi connectivity index (χ1n) is 8.81. The molecule has 0 radical (unpaired) electrons. The molecule has 9 heteroatoms. The Kier molecular flexibility index (Phi) is 6.13. The molecule has 0 aliphatic carbocycles. The van der Waals surface area contributed by atoms with Gasteiger partial charge < -0.3 is 14.0 Å². The molecule has 3 rings (SSSR count). The lowest BCUT2D eigenvalue weighted by Gasteiger charge is -2.31. The minimum Gasteiger partial charge on any atom is -0.493 e. The van der Waals surface area contributed by atoms with Crippen LogP contribution in [0.3, 0.4) is 0 Å². The van der Waals surface area contributed by atoms with Crippen LogP contribution in [-0.2, 0) is 14.8 Å². The van der Waals surface area contributed by atoms with E-state index in [0.29, 0.717) is 42.4 Å². The number of halogens is 1. The van der Waals surface area contributed by atoms with Crippen LogP contribution in [0.15, 0.2) is 28.8 Å². The van der Waals surface area contributed by atoms with Crippen LogP contribution in [0, 0.1) is 18.7 Å². The van der Waals surface area contributed by atoms with Crippen molar-refractivity contribution in [2.45, 2.75) is 26.3 Å². The minimum absolute atomic E-state index is 0.0200. The molecule has 0 unspecified atom stereocenters. The maximum atomic E-state index is 14.4. The van der Waals surface area contributed by atoms with Gasteiger partial charge in [0, 0.05) is 36.3 Å². The van der Waals surface area contributed by atoms with E-state index in [1.807, 2.05) is 0 Å². The van der Waals surface area contributed by atoms with Gasteiger partial charge in [-0.15, -0.1) is 0 Å². The van der Waals surface area contributed by atoms with Gasteiger partial charge in [-0.25, -0.2) is 17.5 Å². The normalized spacial score (nSPS) is 20.6. The maximum absolute atomic E-state index is 14.4. The number of hydrogen-bond acceptors (Lipinski definition) is 6. The first-order chi connectivity index (χ1) is 12.9. The zero-order valence-corrected chi connectivity index (χ0v) is 16.1. The Balaban J connectivity index is 1.65. The fourth-order valence-electron chi connectivity index (χ4n) is 2.92. The van der Waals surface area contributed by atoms with Gasteiger partial charge in [0.2, 0.25) is 10.0 Å². The van der Waals surface area contributed by atoms with Crippen molar-refractivity contribution in [2.24, 2.45) is 5.92 Å². The third-order valence-electron chi connectivity index (χ3n) is 4.49.